The third kappa shape index (κ3) is 8.70. The fourth-order valence-corrected chi connectivity index (χ4v) is 9.12. The minimum absolute atomic E-state index is 0.00722. The second kappa shape index (κ2) is 16.5. The highest BCUT2D eigenvalue weighted by Crippen LogP contribution is 2.51. The standard InChI is InChI=1S/C44H55N3O3S/c1-8-9-28-43(46-41(49)50-42(5,6)7)39(47(30-29-45-43)40(48)38-27-19-20-32(2)34(38)4)31-33(3)51-44(35-21-13-10-14-22-35,36-23-15-11-16-24-36)37-25-17-12-18-26-37/h10-27,33,39,45H,8-9,28-31H2,1-7H3,(H,46,49)/t33-,39?,43?/m0/s1. The quantitative estimate of drug-likeness (QED) is 0.144. The molecule has 270 valence electrons. The molecule has 0 aliphatic carbocycles. The van der Waals surface area contributed by atoms with Gasteiger partial charge in [0.25, 0.3) is 5.91 Å². The fraction of sp³-hybridized carbons (Fsp3) is 0.409. The smallest absolute Gasteiger partial charge is 0.409 e. The highest BCUT2D eigenvalue weighted by molar-refractivity contribution is 8.01. The lowest BCUT2D eigenvalue weighted by atomic mass is 9.84. The predicted molar refractivity (Wildman–Crippen MR) is 211 cm³/mol. The van der Waals surface area contributed by atoms with Crippen LogP contribution in [0.4, 0.5) is 4.79 Å². The number of nitrogens with one attached hydrogen (secondary N) is 2. The molecule has 0 bridgehead atoms. The summed E-state index contributed by atoms with van der Waals surface area (Å²) < 4.78 is 5.34. The van der Waals surface area contributed by atoms with Crippen LogP contribution in [-0.2, 0) is 9.48 Å². The number of hydrogen-bond donors (Lipinski definition) is 2. The normalized spacial score (nSPS) is 18.6. The van der Waals surface area contributed by atoms with Gasteiger partial charge < -0.3 is 15.0 Å². The number of ether oxygens (including phenoxy) is 1. The zero-order valence-electron chi connectivity index (χ0n) is 31.4. The maximum Gasteiger partial charge on any atom is 0.409 e. The van der Waals surface area contributed by atoms with Crippen LogP contribution in [0.3, 0.4) is 0 Å². The molecule has 1 fully saturated rings. The van der Waals surface area contributed by atoms with E-state index in [1.54, 1.807) is 0 Å². The zero-order chi connectivity index (χ0) is 36.6. The molecule has 2 amide bonds. The Morgan fingerprint density at radius 2 is 1.43 bits per heavy atom. The molecule has 2 unspecified atom stereocenters. The molecular weight excluding hydrogens is 651 g/mol. The van der Waals surface area contributed by atoms with E-state index >= 15 is 0 Å². The van der Waals surface area contributed by atoms with Crippen LogP contribution in [0.15, 0.2) is 109 Å². The second-order valence-corrected chi connectivity index (χ2v) is 16.5. The number of carbonyl (C=O) groups is 2. The van der Waals surface area contributed by atoms with Crippen molar-refractivity contribution in [3.8, 4) is 0 Å². The number of thioether (sulfide) groups is 1. The second-order valence-electron chi connectivity index (χ2n) is 14.8. The zero-order valence-corrected chi connectivity index (χ0v) is 32.2. The van der Waals surface area contributed by atoms with E-state index < -0.39 is 22.1 Å². The summed E-state index contributed by atoms with van der Waals surface area (Å²) in [5.74, 6) is -0.00722. The number of alkyl carbamates (subject to hydrolysis) is 1. The molecule has 1 aliphatic heterocycles. The Morgan fingerprint density at radius 3 is 1.94 bits per heavy atom. The summed E-state index contributed by atoms with van der Waals surface area (Å²) in [7, 11) is 0. The summed E-state index contributed by atoms with van der Waals surface area (Å²) in [4.78, 5) is 30.4. The highest BCUT2D eigenvalue weighted by atomic mass is 32.2. The third-order valence-corrected chi connectivity index (χ3v) is 11.6. The van der Waals surface area contributed by atoms with Crippen LogP contribution in [0.25, 0.3) is 0 Å². The van der Waals surface area contributed by atoms with Gasteiger partial charge in [0, 0.05) is 23.9 Å². The van der Waals surface area contributed by atoms with Gasteiger partial charge >= 0.3 is 6.09 Å². The summed E-state index contributed by atoms with van der Waals surface area (Å²) in [6.45, 7) is 15.2. The van der Waals surface area contributed by atoms with E-state index in [1.807, 2.05) is 69.5 Å². The molecule has 3 atom stereocenters. The average molecular weight is 706 g/mol. The molecule has 5 rings (SSSR count). The van der Waals surface area contributed by atoms with Crippen molar-refractivity contribution in [1.29, 1.82) is 0 Å². The SMILES string of the molecule is CCCCC1(NC(=O)OC(C)(C)C)NCCN(C(=O)c2cccc(C)c2C)C1C[C@H](C)SC(c1ccccc1)(c1ccccc1)c1ccccc1. The number of carbonyl (C=O) groups excluding carboxylic acids is 2. The summed E-state index contributed by atoms with van der Waals surface area (Å²) in [5.41, 5.74) is 4.77. The number of piperazine rings is 1. The number of unbranched alkanes of at least 4 members (excludes halogenated alkanes) is 1. The van der Waals surface area contributed by atoms with Crippen LogP contribution < -0.4 is 10.6 Å². The predicted octanol–water partition coefficient (Wildman–Crippen LogP) is 9.63. The fourth-order valence-electron chi connectivity index (χ4n) is 7.42. The largest absolute Gasteiger partial charge is 0.444 e. The van der Waals surface area contributed by atoms with Gasteiger partial charge in [0.05, 0.1) is 10.8 Å². The molecule has 1 heterocycles. The lowest BCUT2D eigenvalue weighted by Gasteiger charge is -2.52. The number of rotatable bonds is 12. The first-order valence-electron chi connectivity index (χ1n) is 18.4. The van der Waals surface area contributed by atoms with Gasteiger partial charge in [-0.2, -0.15) is 0 Å². The average Bonchev–Trinajstić information content (AvgIpc) is 3.12. The van der Waals surface area contributed by atoms with Gasteiger partial charge in [0.1, 0.15) is 11.3 Å². The van der Waals surface area contributed by atoms with Crippen molar-refractivity contribution < 1.29 is 14.3 Å². The van der Waals surface area contributed by atoms with Crippen molar-refractivity contribution in [1.82, 2.24) is 15.5 Å². The van der Waals surface area contributed by atoms with Crippen molar-refractivity contribution in [3.05, 3.63) is 143 Å². The Balaban J connectivity index is 1.63. The first-order valence-corrected chi connectivity index (χ1v) is 19.3. The van der Waals surface area contributed by atoms with E-state index in [-0.39, 0.29) is 17.2 Å². The summed E-state index contributed by atoms with van der Waals surface area (Å²) in [6.07, 6.45) is 2.61. The lowest BCUT2D eigenvalue weighted by molar-refractivity contribution is 0.00274. The van der Waals surface area contributed by atoms with E-state index in [4.69, 9.17) is 4.74 Å². The minimum atomic E-state index is -0.895. The molecule has 6 nitrogen and oxygen atoms in total. The van der Waals surface area contributed by atoms with E-state index in [0.717, 1.165) is 24.0 Å². The van der Waals surface area contributed by atoms with Crippen molar-refractivity contribution >= 4 is 23.8 Å². The first kappa shape index (κ1) is 38.2. The van der Waals surface area contributed by atoms with Crippen LogP contribution in [-0.4, -0.2) is 52.5 Å². The van der Waals surface area contributed by atoms with Crippen LogP contribution in [0.5, 0.6) is 0 Å². The number of benzene rings is 4. The molecule has 4 aromatic rings. The molecule has 51 heavy (non-hydrogen) atoms. The summed E-state index contributed by atoms with van der Waals surface area (Å²) in [6, 6.07) is 37.7. The van der Waals surface area contributed by atoms with Gasteiger partial charge in [-0.3, -0.25) is 10.1 Å². The third-order valence-electron chi connectivity index (χ3n) is 9.96. The molecule has 2 N–H and O–H groups in total. The van der Waals surface area contributed by atoms with Crippen LogP contribution >= 0.6 is 11.8 Å². The topological polar surface area (TPSA) is 70.7 Å². The maximum absolute atomic E-state index is 14.7. The summed E-state index contributed by atoms with van der Waals surface area (Å²) >= 11 is 1.90. The monoisotopic (exact) mass is 705 g/mol. The van der Waals surface area contributed by atoms with Gasteiger partial charge in [-0.25, -0.2) is 4.79 Å². The Labute approximate surface area is 309 Å². The number of nitrogens with zero attached hydrogens (tertiary/aromatic N) is 1. The molecule has 0 spiro atoms. The summed E-state index contributed by atoms with van der Waals surface area (Å²) in [5, 5.41) is 7.10. The van der Waals surface area contributed by atoms with Gasteiger partial charge in [0.2, 0.25) is 0 Å². The van der Waals surface area contributed by atoms with Crippen molar-refractivity contribution in [2.24, 2.45) is 0 Å². The van der Waals surface area contributed by atoms with Gasteiger partial charge in [0.15, 0.2) is 0 Å². The number of hydrogen-bond acceptors (Lipinski definition) is 5. The maximum atomic E-state index is 14.7. The van der Waals surface area contributed by atoms with E-state index in [1.165, 1.54) is 16.7 Å². The van der Waals surface area contributed by atoms with Crippen molar-refractivity contribution in [2.75, 3.05) is 13.1 Å². The van der Waals surface area contributed by atoms with Crippen LogP contribution in [0.2, 0.25) is 0 Å². The van der Waals surface area contributed by atoms with Gasteiger partial charge in [-0.05, 0) is 87.8 Å². The Bertz CT molecular complexity index is 1650. The Kier molecular flexibility index (Phi) is 12.4. The van der Waals surface area contributed by atoms with Crippen molar-refractivity contribution in [3.63, 3.8) is 0 Å². The number of aryl methyl sites for hydroxylation is 1. The molecule has 0 saturated carbocycles. The van der Waals surface area contributed by atoms with Gasteiger partial charge in [-0.15, -0.1) is 11.8 Å². The van der Waals surface area contributed by atoms with Gasteiger partial charge in [-0.1, -0.05) is 123 Å². The van der Waals surface area contributed by atoms with E-state index in [0.29, 0.717) is 31.5 Å². The van der Waals surface area contributed by atoms with E-state index in [2.05, 4.69) is 115 Å². The molecule has 1 saturated heterocycles. The first-order chi connectivity index (χ1) is 24.4. The lowest BCUT2D eigenvalue weighted by Crippen LogP contribution is -2.75. The molecule has 4 aromatic carbocycles. The molecule has 1 aliphatic rings. The van der Waals surface area contributed by atoms with Crippen molar-refractivity contribution in [2.45, 2.75) is 101 Å². The highest BCUT2D eigenvalue weighted by Gasteiger charge is 2.49. The number of amides is 2. The van der Waals surface area contributed by atoms with E-state index in [9.17, 15) is 9.59 Å². The Hall–Kier alpha value is -4.07. The molecule has 0 aromatic heterocycles. The Morgan fingerprint density at radius 1 is 0.882 bits per heavy atom. The van der Waals surface area contributed by atoms with Crippen LogP contribution in [0, 0.1) is 13.8 Å². The molecular formula is C44H55N3O3S. The van der Waals surface area contributed by atoms with Crippen LogP contribution in [0.1, 0.15) is 98.5 Å². The minimum Gasteiger partial charge on any atom is -0.444 e. The molecule has 7 heteroatoms. The molecule has 0 radical (unpaired) electrons.